The molecule has 0 spiro atoms. The molecule has 0 N–H and O–H groups in total. The summed E-state index contributed by atoms with van der Waals surface area (Å²) < 4.78 is 26.7. The zero-order chi connectivity index (χ0) is 12.2. The molecule has 0 unspecified atom stereocenters. The highest BCUT2D eigenvalue weighted by Crippen LogP contribution is 2.28. The molecule has 2 aromatic carbocycles. The Morgan fingerprint density at radius 1 is 0.765 bits per heavy atom. The van der Waals surface area contributed by atoms with Gasteiger partial charge in [-0.3, -0.25) is 0 Å². The van der Waals surface area contributed by atoms with Crippen molar-refractivity contribution in [2.75, 3.05) is 0 Å². The topological polar surface area (TPSA) is 0 Å². The standard InChI is InChI=1S/C14H12F2Si/c1-17(2)13-7-9(15)3-5-11(13)12-6-4-10(16)8-14(12)17/h3-8H,1-2H3. The number of hydrogen-bond donors (Lipinski definition) is 0. The largest absolute Gasteiger partial charge is 0.207 e. The molecular formula is C14H12F2Si. The Morgan fingerprint density at radius 3 is 1.59 bits per heavy atom. The van der Waals surface area contributed by atoms with Gasteiger partial charge in [0.25, 0.3) is 0 Å². The second-order valence-electron chi connectivity index (χ2n) is 5.00. The third kappa shape index (κ3) is 1.39. The lowest BCUT2D eigenvalue weighted by atomic mass is 10.1. The van der Waals surface area contributed by atoms with Crippen LogP contribution in [-0.4, -0.2) is 8.07 Å². The third-order valence-electron chi connectivity index (χ3n) is 3.60. The van der Waals surface area contributed by atoms with Crippen LogP contribution in [0.15, 0.2) is 36.4 Å². The van der Waals surface area contributed by atoms with Gasteiger partial charge in [-0.25, -0.2) is 8.78 Å². The van der Waals surface area contributed by atoms with Gasteiger partial charge in [0.2, 0.25) is 0 Å². The molecule has 3 heteroatoms. The molecule has 0 saturated carbocycles. The van der Waals surface area contributed by atoms with E-state index < -0.39 is 8.07 Å². The minimum atomic E-state index is -1.92. The maximum atomic E-state index is 13.4. The van der Waals surface area contributed by atoms with Crippen LogP contribution in [0.25, 0.3) is 11.1 Å². The van der Waals surface area contributed by atoms with Crippen LogP contribution in [0.4, 0.5) is 8.78 Å². The van der Waals surface area contributed by atoms with Crippen LogP contribution in [0.1, 0.15) is 0 Å². The van der Waals surface area contributed by atoms with Crippen molar-refractivity contribution >= 4 is 18.4 Å². The van der Waals surface area contributed by atoms with Crippen molar-refractivity contribution in [2.45, 2.75) is 13.1 Å². The summed E-state index contributed by atoms with van der Waals surface area (Å²) in [7, 11) is -1.92. The molecule has 1 aliphatic heterocycles. The molecular weight excluding hydrogens is 234 g/mol. The van der Waals surface area contributed by atoms with E-state index in [9.17, 15) is 8.78 Å². The van der Waals surface area contributed by atoms with E-state index in [0.29, 0.717) is 0 Å². The van der Waals surface area contributed by atoms with Crippen molar-refractivity contribution in [2.24, 2.45) is 0 Å². The highest BCUT2D eigenvalue weighted by atomic mass is 28.3. The maximum Gasteiger partial charge on any atom is 0.123 e. The van der Waals surface area contributed by atoms with E-state index >= 15 is 0 Å². The fourth-order valence-electron chi connectivity index (χ4n) is 2.68. The molecule has 1 aliphatic rings. The molecule has 0 nitrogen and oxygen atoms in total. The molecule has 1 heterocycles. The van der Waals surface area contributed by atoms with Gasteiger partial charge in [-0.15, -0.1) is 0 Å². The first-order valence-electron chi connectivity index (χ1n) is 5.60. The number of halogens is 2. The smallest absolute Gasteiger partial charge is 0.123 e. The summed E-state index contributed by atoms with van der Waals surface area (Å²) in [6.45, 7) is 4.27. The summed E-state index contributed by atoms with van der Waals surface area (Å²) in [5.41, 5.74) is 2.14. The zero-order valence-electron chi connectivity index (χ0n) is 9.72. The van der Waals surface area contributed by atoms with Crippen LogP contribution in [0, 0.1) is 11.6 Å². The van der Waals surface area contributed by atoms with Crippen molar-refractivity contribution in [1.29, 1.82) is 0 Å². The molecule has 0 radical (unpaired) electrons. The minimum absolute atomic E-state index is 0.211. The second-order valence-corrected chi connectivity index (χ2v) is 9.33. The van der Waals surface area contributed by atoms with Crippen molar-refractivity contribution in [1.82, 2.24) is 0 Å². The van der Waals surface area contributed by atoms with Crippen molar-refractivity contribution < 1.29 is 8.78 Å². The maximum absolute atomic E-state index is 13.4. The van der Waals surface area contributed by atoms with Crippen LogP contribution in [-0.2, 0) is 0 Å². The van der Waals surface area contributed by atoms with Gasteiger partial charge in [-0.1, -0.05) is 25.2 Å². The summed E-state index contributed by atoms with van der Waals surface area (Å²) in [6, 6.07) is 9.79. The predicted molar refractivity (Wildman–Crippen MR) is 68.5 cm³/mol. The summed E-state index contributed by atoms with van der Waals surface area (Å²) in [5.74, 6) is -0.421. The average molecular weight is 246 g/mol. The monoisotopic (exact) mass is 246 g/mol. The van der Waals surface area contributed by atoms with E-state index in [0.717, 1.165) is 21.5 Å². The van der Waals surface area contributed by atoms with Gasteiger partial charge in [0.1, 0.15) is 19.7 Å². The number of hydrogen-bond acceptors (Lipinski definition) is 0. The molecule has 2 aromatic rings. The molecule has 0 amide bonds. The van der Waals surface area contributed by atoms with Crippen LogP contribution in [0.3, 0.4) is 0 Å². The first-order chi connectivity index (χ1) is 8.00. The van der Waals surface area contributed by atoms with Gasteiger partial charge < -0.3 is 0 Å². The molecule has 3 rings (SSSR count). The van der Waals surface area contributed by atoms with Crippen LogP contribution >= 0.6 is 0 Å². The zero-order valence-corrected chi connectivity index (χ0v) is 10.7. The van der Waals surface area contributed by atoms with E-state index in [-0.39, 0.29) is 11.6 Å². The first kappa shape index (κ1) is 10.7. The Balaban J connectivity index is 2.37. The Bertz CT molecular complexity index is 564. The molecule has 0 bridgehead atoms. The van der Waals surface area contributed by atoms with Gasteiger partial charge in [0.05, 0.1) is 0 Å². The Hall–Kier alpha value is -1.48. The average Bonchev–Trinajstić information content (AvgIpc) is 2.49. The molecule has 17 heavy (non-hydrogen) atoms. The molecule has 0 atom stereocenters. The van der Waals surface area contributed by atoms with E-state index in [4.69, 9.17) is 0 Å². The highest BCUT2D eigenvalue weighted by Gasteiger charge is 2.37. The second kappa shape index (κ2) is 3.26. The predicted octanol–water partition coefficient (Wildman–Crippen LogP) is 2.77. The number of rotatable bonds is 0. The summed E-state index contributed by atoms with van der Waals surface area (Å²) in [4.78, 5) is 0. The van der Waals surface area contributed by atoms with E-state index in [2.05, 4.69) is 13.1 Å². The van der Waals surface area contributed by atoms with E-state index in [1.54, 1.807) is 12.1 Å². The van der Waals surface area contributed by atoms with Crippen LogP contribution in [0.5, 0.6) is 0 Å². The fraction of sp³-hybridized carbons (Fsp3) is 0.143. The van der Waals surface area contributed by atoms with E-state index in [1.807, 2.05) is 12.1 Å². The fourth-order valence-corrected chi connectivity index (χ4v) is 5.75. The minimum Gasteiger partial charge on any atom is -0.207 e. The molecule has 0 aromatic heterocycles. The lowest BCUT2D eigenvalue weighted by Gasteiger charge is -2.18. The van der Waals surface area contributed by atoms with Crippen LogP contribution in [0.2, 0.25) is 13.1 Å². The Morgan fingerprint density at radius 2 is 1.18 bits per heavy atom. The molecule has 0 aliphatic carbocycles. The SMILES string of the molecule is C[Si]1(C)c2cc(F)ccc2-c2ccc(F)cc21. The molecule has 0 fully saturated rings. The highest BCUT2D eigenvalue weighted by molar-refractivity contribution is 7.03. The Kier molecular flexibility index (Phi) is 2.04. The van der Waals surface area contributed by atoms with Crippen molar-refractivity contribution in [3.63, 3.8) is 0 Å². The molecule has 86 valence electrons. The lowest BCUT2D eigenvalue weighted by molar-refractivity contribution is 0.628. The van der Waals surface area contributed by atoms with Crippen molar-refractivity contribution in [3.8, 4) is 11.1 Å². The summed E-state index contributed by atoms with van der Waals surface area (Å²) in [6.07, 6.45) is 0. The van der Waals surface area contributed by atoms with Gasteiger partial charge >= 0.3 is 0 Å². The summed E-state index contributed by atoms with van der Waals surface area (Å²) >= 11 is 0. The number of fused-ring (bicyclic) bond motifs is 3. The third-order valence-corrected chi connectivity index (χ3v) is 7.12. The van der Waals surface area contributed by atoms with Gasteiger partial charge in [0, 0.05) is 0 Å². The Labute approximate surface area is 99.9 Å². The first-order valence-corrected chi connectivity index (χ1v) is 8.60. The normalized spacial score (nSPS) is 15.5. The molecule has 0 saturated heterocycles. The van der Waals surface area contributed by atoms with Gasteiger partial charge in [0.15, 0.2) is 0 Å². The quantitative estimate of drug-likeness (QED) is 0.627. The van der Waals surface area contributed by atoms with Crippen molar-refractivity contribution in [3.05, 3.63) is 48.0 Å². The lowest BCUT2D eigenvalue weighted by Crippen LogP contribution is -2.49. The van der Waals surface area contributed by atoms with Crippen LogP contribution < -0.4 is 10.4 Å². The number of benzene rings is 2. The van der Waals surface area contributed by atoms with Gasteiger partial charge in [-0.2, -0.15) is 0 Å². The van der Waals surface area contributed by atoms with E-state index in [1.165, 1.54) is 12.1 Å². The summed E-state index contributed by atoms with van der Waals surface area (Å²) in [5, 5.41) is 2.14. The van der Waals surface area contributed by atoms with Gasteiger partial charge in [-0.05, 0) is 45.8 Å².